The zero-order valence-electron chi connectivity index (χ0n) is 32.3. The Morgan fingerprint density at radius 3 is 1.96 bits per heavy atom. The van der Waals surface area contributed by atoms with E-state index in [1.807, 2.05) is 57.2 Å². The Morgan fingerprint density at radius 2 is 1.36 bits per heavy atom. The number of carboxylic acids is 1. The molecular weight excluding hydrogens is 709 g/mol. The van der Waals surface area contributed by atoms with Crippen molar-refractivity contribution in [1.82, 2.24) is 30.6 Å². The van der Waals surface area contributed by atoms with Crippen LogP contribution < -0.4 is 15.4 Å². The molecule has 0 aliphatic heterocycles. The van der Waals surface area contributed by atoms with E-state index in [0.29, 0.717) is 29.4 Å². The number of aliphatic carboxylic acids is 1. The summed E-state index contributed by atoms with van der Waals surface area (Å²) in [5, 5.41) is 26.0. The van der Waals surface area contributed by atoms with Crippen molar-refractivity contribution in [2.45, 2.75) is 89.8 Å². The lowest BCUT2D eigenvalue weighted by atomic mass is 9.96. The Balaban J connectivity index is 1.28. The van der Waals surface area contributed by atoms with Crippen molar-refractivity contribution in [3.8, 4) is 28.3 Å². The lowest BCUT2D eigenvalue weighted by molar-refractivity contribution is -0.145. The molecule has 4 N–H and O–H groups in total. The van der Waals surface area contributed by atoms with Gasteiger partial charge in [0.15, 0.2) is 11.9 Å². The van der Waals surface area contributed by atoms with E-state index in [4.69, 9.17) is 4.74 Å². The average molecular weight is 759 g/mol. The molecule has 3 atom stereocenters. The molecule has 12 nitrogen and oxygen atoms in total. The van der Waals surface area contributed by atoms with Crippen LogP contribution in [0.3, 0.4) is 0 Å². The first kappa shape index (κ1) is 41.2. The Hall–Kier alpha value is -6.01. The third-order valence-electron chi connectivity index (χ3n) is 9.24. The molecule has 5 aromatic rings. The first-order valence-corrected chi connectivity index (χ1v) is 19.0. The van der Waals surface area contributed by atoms with Gasteiger partial charge in [-0.05, 0) is 35.2 Å². The Bertz CT molecular complexity index is 2020. The molecule has 2 amide bonds. The normalized spacial score (nSPS) is 12.9. The number of hydrogen-bond acceptors (Lipinski definition) is 9. The second kappa shape index (κ2) is 19.5. The van der Waals surface area contributed by atoms with Gasteiger partial charge in [-0.2, -0.15) is 0 Å². The summed E-state index contributed by atoms with van der Waals surface area (Å²) >= 11 is 0. The number of nitrogens with zero attached hydrogens (tertiary/aromatic N) is 4. The summed E-state index contributed by atoms with van der Waals surface area (Å²) in [5.41, 5.74) is 3.34. The molecule has 0 spiro atoms. The summed E-state index contributed by atoms with van der Waals surface area (Å²) < 4.78 is 5.89. The number of amides is 2. The van der Waals surface area contributed by atoms with E-state index in [9.17, 15) is 24.6 Å². The molecule has 292 valence electrons. The summed E-state index contributed by atoms with van der Waals surface area (Å²) in [6, 6.07) is 20.3. The average Bonchev–Trinajstić information content (AvgIpc) is 3.21. The van der Waals surface area contributed by atoms with Crippen LogP contribution >= 0.6 is 0 Å². The molecule has 0 aliphatic carbocycles. The smallest absolute Gasteiger partial charge is 0.329 e. The monoisotopic (exact) mass is 758 g/mol. The molecule has 0 saturated heterocycles. The summed E-state index contributed by atoms with van der Waals surface area (Å²) in [6.45, 7) is 8.75. The Kier molecular flexibility index (Phi) is 14.4. The number of rotatable bonds is 18. The minimum absolute atomic E-state index is 0.00488. The number of unbranched alkanes of at least 4 members (excludes halogenated alkanes) is 4. The summed E-state index contributed by atoms with van der Waals surface area (Å²) in [4.78, 5) is 57.2. The van der Waals surface area contributed by atoms with Gasteiger partial charge in [-0.3, -0.25) is 9.59 Å². The number of carbonyl (C=O) groups is 3. The highest BCUT2D eigenvalue weighted by atomic mass is 16.5. The molecule has 0 fully saturated rings. The zero-order chi connectivity index (χ0) is 40.1. The molecule has 3 aromatic carbocycles. The fraction of sp³-hybridized carbons (Fsp3) is 0.341. The van der Waals surface area contributed by atoms with Gasteiger partial charge in [-0.15, -0.1) is 0 Å². The molecule has 12 heteroatoms. The predicted molar refractivity (Wildman–Crippen MR) is 214 cm³/mol. The van der Waals surface area contributed by atoms with Crippen molar-refractivity contribution in [1.29, 1.82) is 0 Å². The highest BCUT2D eigenvalue weighted by Crippen LogP contribution is 2.24. The number of carbonyl (C=O) groups excluding carboxylic acids is 2. The maximum Gasteiger partial charge on any atom is 0.329 e. The number of hydrogen-bond donors (Lipinski definition) is 4. The zero-order valence-corrected chi connectivity index (χ0v) is 32.3. The van der Waals surface area contributed by atoms with E-state index < -0.39 is 36.0 Å². The summed E-state index contributed by atoms with van der Waals surface area (Å²) in [7, 11) is 0. The van der Waals surface area contributed by atoms with Gasteiger partial charge >= 0.3 is 5.97 Å². The molecule has 0 saturated carbocycles. The van der Waals surface area contributed by atoms with Gasteiger partial charge in [-0.25, -0.2) is 24.7 Å². The second-order valence-electron chi connectivity index (χ2n) is 14.7. The SMILES string of the molecule is CCCCCCCOc1ccc(-c2cnc(-c3ccc(CC(NC(=O)c4cnc(C(C)(C)C)nc4)C(=O)NC(C(=O)O)C(O)c4ccccc4)cc3)nc2)cc1. The standard InChI is InChI=1S/C44H50N6O6/c1-5-6-7-8-12-23-56-35-21-19-30(20-22-35)33-25-45-39(46-26-33)32-17-15-29(16-18-32)24-36(49-40(52)34-27-47-43(48-28-34)44(2,3)4)41(53)50-37(42(54)55)38(51)31-13-10-9-11-14-31/h9-11,13-22,25-28,36-38,51H,5-8,12,23-24H2,1-4H3,(H,49,52)(H,50,53)(H,54,55). The van der Waals surface area contributed by atoms with Crippen molar-refractivity contribution in [2.75, 3.05) is 6.61 Å². The minimum Gasteiger partial charge on any atom is -0.494 e. The van der Waals surface area contributed by atoms with Crippen molar-refractivity contribution in [2.24, 2.45) is 0 Å². The maximum atomic E-state index is 13.7. The first-order chi connectivity index (χ1) is 26.9. The fourth-order valence-electron chi connectivity index (χ4n) is 5.95. The molecule has 2 aromatic heterocycles. The van der Waals surface area contributed by atoms with Gasteiger partial charge in [0.25, 0.3) is 5.91 Å². The topological polar surface area (TPSA) is 177 Å². The summed E-state index contributed by atoms with van der Waals surface area (Å²) in [5.74, 6) is -0.968. The van der Waals surface area contributed by atoms with E-state index in [2.05, 4.69) is 37.5 Å². The van der Waals surface area contributed by atoms with E-state index in [0.717, 1.165) is 28.9 Å². The number of benzene rings is 3. The quantitative estimate of drug-likeness (QED) is 0.0689. The van der Waals surface area contributed by atoms with Crippen LogP contribution in [0, 0.1) is 0 Å². The van der Waals surface area contributed by atoms with Crippen molar-refractivity contribution in [3.05, 3.63) is 126 Å². The highest BCUT2D eigenvalue weighted by Gasteiger charge is 2.33. The predicted octanol–water partition coefficient (Wildman–Crippen LogP) is 6.89. The van der Waals surface area contributed by atoms with Crippen LogP contribution in [-0.4, -0.2) is 66.6 Å². The van der Waals surface area contributed by atoms with Crippen LogP contribution in [0.25, 0.3) is 22.5 Å². The Labute approximate surface area is 327 Å². The van der Waals surface area contributed by atoms with Crippen LogP contribution in [0.2, 0.25) is 0 Å². The number of aliphatic hydroxyl groups excluding tert-OH is 1. The van der Waals surface area contributed by atoms with Gasteiger partial charge in [0.05, 0.1) is 12.2 Å². The van der Waals surface area contributed by atoms with Crippen molar-refractivity contribution >= 4 is 17.8 Å². The number of carboxylic acid groups (broad SMARTS) is 1. The molecule has 56 heavy (non-hydrogen) atoms. The van der Waals surface area contributed by atoms with Crippen LogP contribution in [0.15, 0.2) is 104 Å². The number of aliphatic hydroxyl groups is 1. The van der Waals surface area contributed by atoms with Crippen molar-refractivity contribution in [3.63, 3.8) is 0 Å². The highest BCUT2D eigenvalue weighted by molar-refractivity contribution is 5.98. The molecule has 0 bridgehead atoms. The van der Waals surface area contributed by atoms with Crippen LogP contribution in [0.4, 0.5) is 0 Å². The lowest BCUT2D eigenvalue weighted by Crippen LogP contribution is -2.54. The number of nitrogens with one attached hydrogen (secondary N) is 2. The molecule has 3 unspecified atom stereocenters. The van der Waals surface area contributed by atoms with Gasteiger partial charge in [0.2, 0.25) is 5.91 Å². The molecule has 5 rings (SSSR count). The fourth-order valence-corrected chi connectivity index (χ4v) is 5.95. The van der Waals surface area contributed by atoms with E-state index in [1.165, 1.54) is 38.1 Å². The molecule has 0 aliphatic rings. The van der Waals surface area contributed by atoms with Crippen molar-refractivity contribution < 1.29 is 29.3 Å². The summed E-state index contributed by atoms with van der Waals surface area (Å²) in [6.07, 6.45) is 10.7. The number of ether oxygens (including phenoxy) is 1. The second-order valence-corrected chi connectivity index (χ2v) is 14.7. The first-order valence-electron chi connectivity index (χ1n) is 19.0. The van der Waals surface area contributed by atoms with Crippen LogP contribution in [0.5, 0.6) is 5.75 Å². The Morgan fingerprint density at radius 1 is 0.732 bits per heavy atom. The maximum absolute atomic E-state index is 13.7. The van der Waals surface area contributed by atoms with E-state index >= 15 is 0 Å². The molecular formula is C44H50N6O6. The van der Waals surface area contributed by atoms with Gasteiger partial charge in [0.1, 0.15) is 23.7 Å². The number of aromatic nitrogens is 4. The van der Waals surface area contributed by atoms with Gasteiger partial charge in [-0.1, -0.05) is 120 Å². The van der Waals surface area contributed by atoms with E-state index in [-0.39, 0.29) is 17.4 Å². The van der Waals surface area contributed by atoms with Gasteiger partial charge < -0.3 is 25.6 Å². The van der Waals surface area contributed by atoms with Gasteiger partial charge in [0, 0.05) is 47.8 Å². The largest absolute Gasteiger partial charge is 0.494 e. The lowest BCUT2D eigenvalue weighted by Gasteiger charge is -2.25. The third-order valence-corrected chi connectivity index (χ3v) is 9.24. The third kappa shape index (κ3) is 11.5. The molecule has 2 heterocycles. The molecule has 0 radical (unpaired) electrons. The van der Waals surface area contributed by atoms with Crippen LogP contribution in [-0.2, 0) is 21.4 Å². The van der Waals surface area contributed by atoms with E-state index in [1.54, 1.807) is 54.9 Å². The minimum atomic E-state index is -1.68. The van der Waals surface area contributed by atoms with Crippen LogP contribution in [0.1, 0.15) is 93.2 Å².